The highest BCUT2D eigenvalue weighted by Gasteiger charge is 2.29. The van der Waals surface area contributed by atoms with Gasteiger partial charge in [-0.25, -0.2) is 4.79 Å². The van der Waals surface area contributed by atoms with Crippen LogP contribution in [-0.2, 0) is 20.1 Å². The highest BCUT2D eigenvalue weighted by atomic mass is 35.5. The number of carbonyl (C=O) groups excluding carboxylic acids is 1. The van der Waals surface area contributed by atoms with E-state index in [1.165, 1.54) is 4.57 Å². The molecule has 36 heavy (non-hydrogen) atoms. The summed E-state index contributed by atoms with van der Waals surface area (Å²) in [6.45, 7) is 4.46. The quantitative estimate of drug-likeness (QED) is 0.364. The number of aromatic nitrogens is 4. The van der Waals surface area contributed by atoms with Crippen molar-refractivity contribution in [1.82, 2.24) is 18.7 Å². The van der Waals surface area contributed by atoms with Crippen molar-refractivity contribution in [3.05, 3.63) is 68.4 Å². The molecule has 0 saturated heterocycles. The molecule has 1 saturated carbocycles. The Morgan fingerprint density at radius 1 is 1.14 bits per heavy atom. The fourth-order valence-corrected chi connectivity index (χ4v) is 4.62. The number of nitrogens with two attached hydrogens (primary N) is 1. The monoisotopic (exact) mass is 515 g/mol. The minimum absolute atomic E-state index is 0. The predicted molar refractivity (Wildman–Crippen MR) is 142 cm³/mol. The Bertz CT molecular complexity index is 1370. The van der Waals surface area contributed by atoms with Gasteiger partial charge in [-0.1, -0.05) is 48.4 Å². The number of hydrogen-bond donors (Lipinski definition) is 1. The zero-order chi connectivity index (χ0) is 25.1. The predicted octanol–water partition coefficient (Wildman–Crippen LogP) is 3.06. The van der Waals surface area contributed by atoms with Crippen molar-refractivity contribution in [3.63, 3.8) is 0 Å². The molecule has 0 spiro atoms. The van der Waals surface area contributed by atoms with Crippen molar-refractivity contribution in [2.24, 2.45) is 18.7 Å². The van der Waals surface area contributed by atoms with Crippen LogP contribution < -0.4 is 21.7 Å². The Balaban J connectivity index is 0.00000361. The van der Waals surface area contributed by atoms with Gasteiger partial charge in [0.15, 0.2) is 16.9 Å². The third kappa shape index (κ3) is 5.47. The van der Waals surface area contributed by atoms with Crippen molar-refractivity contribution in [3.8, 4) is 6.01 Å². The highest BCUT2D eigenvalue weighted by Crippen LogP contribution is 2.29. The first kappa shape index (κ1) is 27.4. The number of carbonyl (C=O) groups is 1. The van der Waals surface area contributed by atoms with Gasteiger partial charge >= 0.3 is 5.69 Å². The second-order valence-corrected chi connectivity index (χ2v) is 9.42. The van der Waals surface area contributed by atoms with Crippen molar-refractivity contribution in [2.45, 2.75) is 58.7 Å². The van der Waals surface area contributed by atoms with E-state index in [4.69, 9.17) is 10.5 Å². The molecule has 9 nitrogen and oxygen atoms in total. The summed E-state index contributed by atoms with van der Waals surface area (Å²) in [6, 6.07) is 8.92. The van der Waals surface area contributed by atoms with E-state index in [1.54, 1.807) is 41.9 Å². The summed E-state index contributed by atoms with van der Waals surface area (Å²) in [4.78, 5) is 44.1. The van der Waals surface area contributed by atoms with Crippen molar-refractivity contribution >= 4 is 29.4 Å². The van der Waals surface area contributed by atoms with Crippen molar-refractivity contribution in [2.75, 3.05) is 6.54 Å². The molecule has 3 aromatic rings. The lowest BCUT2D eigenvalue weighted by atomic mass is 9.86. The third-order valence-electron chi connectivity index (χ3n) is 6.68. The van der Waals surface area contributed by atoms with E-state index in [9.17, 15) is 14.4 Å². The summed E-state index contributed by atoms with van der Waals surface area (Å²) in [5.74, 6) is -0.103. The molecular formula is C26H34ClN5O4. The molecule has 2 N–H and O–H groups in total. The van der Waals surface area contributed by atoms with Crippen LogP contribution in [0.2, 0.25) is 0 Å². The maximum atomic E-state index is 13.6. The summed E-state index contributed by atoms with van der Waals surface area (Å²) in [7, 11) is 1.55. The average molecular weight is 516 g/mol. The Morgan fingerprint density at radius 3 is 2.50 bits per heavy atom. The Morgan fingerprint density at radius 2 is 1.83 bits per heavy atom. The van der Waals surface area contributed by atoms with Crippen molar-refractivity contribution < 1.29 is 9.53 Å². The zero-order valence-corrected chi connectivity index (χ0v) is 21.8. The molecule has 1 aromatic carbocycles. The number of rotatable bonds is 8. The van der Waals surface area contributed by atoms with Crippen LogP contribution >= 0.6 is 12.4 Å². The highest BCUT2D eigenvalue weighted by molar-refractivity contribution is 5.95. The topological polar surface area (TPSA) is 114 Å². The SMILES string of the molecule is CC(C)=CCn1c(O[C@@H]2CCCC[C@H]2CN)nc2c1c(=O)n(CC(=O)c1ccccc1)c(=O)n2C.Cl. The number of aryl methyl sites for hydroxylation is 1. The largest absolute Gasteiger partial charge is 0.461 e. The van der Waals surface area contributed by atoms with Gasteiger partial charge in [0.25, 0.3) is 11.6 Å². The van der Waals surface area contributed by atoms with Gasteiger partial charge in [-0.15, -0.1) is 12.4 Å². The molecule has 0 bridgehead atoms. The van der Waals surface area contributed by atoms with E-state index in [2.05, 4.69) is 4.98 Å². The van der Waals surface area contributed by atoms with E-state index < -0.39 is 11.2 Å². The Hall–Kier alpha value is -3.17. The number of fused-ring (bicyclic) bond motifs is 1. The lowest BCUT2D eigenvalue weighted by molar-refractivity contribution is 0.0841. The van der Waals surface area contributed by atoms with Gasteiger partial charge in [-0.2, -0.15) is 4.98 Å². The number of benzene rings is 1. The first-order chi connectivity index (χ1) is 16.8. The normalized spacial score (nSPS) is 17.4. The minimum Gasteiger partial charge on any atom is -0.461 e. The summed E-state index contributed by atoms with van der Waals surface area (Å²) >= 11 is 0. The van der Waals surface area contributed by atoms with E-state index >= 15 is 0 Å². The van der Waals surface area contributed by atoms with Crippen LogP contribution in [0.3, 0.4) is 0 Å². The molecular weight excluding hydrogens is 482 g/mol. The van der Waals surface area contributed by atoms with Crippen LogP contribution in [0.4, 0.5) is 0 Å². The van der Waals surface area contributed by atoms with Gasteiger partial charge in [-0.05, 0) is 39.7 Å². The molecule has 0 aliphatic heterocycles. The molecule has 2 atom stereocenters. The third-order valence-corrected chi connectivity index (χ3v) is 6.68. The van der Waals surface area contributed by atoms with E-state index in [1.807, 2.05) is 19.9 Å². The minimum atomic E-state index is -0.595. The number of ether oxygens (including phenoxy) is 1. The molecule has 0 amide bonds. The molecule has 0 unspecified atom stereocenters. The number of halogens is 1. The molecule has 194 valence electrons. The van der Waals surface area contributed by atoms with Crippen LogP contribution in [0.25, 0.3) is 11.2 Å². The van der Waals surface area contributed by atoms with E-state index in [-0.39, 0.29) is 47.9 Å². The summed E-state index contributed by atoms with van der Waals surface area (Å²) in [5.41, 5.74) is 6.82. The van der Waals surface area contributed by atoms with Crippen LogP contribution in [0.5, 0.6) is 6.01 Å². The van der Waals surface area contributed by atoms with Gasteiger partial charge in [0.05, 0.1) is 6.54 Å². The number of allylic oxidation sites excluding steroid dienone is 2. The number of ketones is 1. The lowest BCUT2D eigenvalue weighted by Gasteiger charge is -2.30. The maximum absolute atomic E-state index is 13.6. The van der Waals surface area contributed by atoms with Gasteiger partial charge in [0.2, 0.25) is 0 Å². The zero-order valence-electron chi connectivity index (χ0n) is 21.0. The maximum Gasteiger partial charge on any atom is 0.332 e. The number of nitrogens with zero attached hydrogens (tertiary/aromatic N) is 4. The van der Waals surface area contributed by atoms with E-state index in [0.717, 1.165) is 35.8 Å². The van der Waals surface area contributed by atoms with Gasteiger partial charge < -0.3 is 10.5 Å². The number of imidazole rings is 1. The summed E-state index contributed by atoms with van der Waals surface area (Å²) in [6.07, 6.45) is 5.88. The average Bonchev–Trinajstić information content (AvgIpc) is 3.23. The first-order valence-corrected chi connectivity index (χ1v) is 12.1. The molecule has 0 radical (unpaired) electrons. The van der Waals surface area contributed by atoms with Crippen LogP contribution in [0.15, 0.2) is 51.6 Å². The Kier molecular flexibility index (Phi) is 8.92. The Labute approximate surface area is 216 Å². The molecule has 1 fully saturated rings. The lowest BCUT2D eigenvalue weighted by Crippen LogP contribution is -2.41. The number of Topliss-reactive ketones (excluding diaryl/α,β-unsaturated/α-hetero) is 1. The van der Waals surface area contributed by atoms with Gasteiger partial charge in [0.1, 0.15) is 6.10 Å². The van der Waals surface area contributed by atoms with Gasteiger partial charge in [-0.3, -0.25) is 23.3 Å². The second kappa shape index (κ2) is 11.7. The van der Waals surface area contributed by atoms with E-state index in [0.29, 0.717) is 24.7 Å². The summed E-state index contributed by atoms with van der Waals surface area (Å²) in [5, 5.41) is 0. The first-order valence-electron chi connectivity index (χ1n) is 12.1. The number of hydrogen-bond acceptors (Lipinski definition) is 6. The van der Waals surface area contributed by atoms with Crippen LogP contribution in [0.1, 0.15) is 49.9 Å². The van der Waals surface area contributed by atoms with Crippen LogP contribution in [-0.4, -0.2) is 37.1 Å². The summed E-state index contributed by atoms with van der Waals surface area (Å²) < 4.78 is 10.3. The molecule has 2 heterocycles. The van der Waals surface area contributed by atoms with Crippen molar-refractivity contribution in [1.29, 1.82) is 0 Å². The smallest absolute Gasteiger partial charge is 0.332 e. The molecule has 10 heteroatoms. The van der Waals surface area contributed by atoms with Crippen LogP contribution in [0, 0.1) is 5.92 Å². The standard InChI is InChI=1S/C26H33N5O4.ClH/c1-17(2)13-14-30-22-23(28-25(30)35-21-12-8-7-11-19(21)15-27)29(3)26(34)31(24(22)33)16-20(32)18-9-5-4-6-10-18;/h4-6,9-10,13,19,21H,7-8,11-12,14-16,27H2,1-3H3;1H/t19-,21+;/m0./s1. The fraction of sp³-hybridized carbons (Fsp3) is 0.462. The molecule has 4 rings (SSSR count). The van der Waals surface area contributed by atoms with Gasteiger partial charge in [0, 0.05) is 25.1 Å². The fourth-order valence-electron chi connectivity index (χ4n) is 4.62. The second-order valence-electron chi connectivity index (χ2n) is 9.42. The molecule has 1 aliphatic carbocycles. The molecule has 1 aliphatic rings. The molecule has 2 aromatic heterocycles.